The van der Waals surface area contributed by atoms with Gasteiger partial charge in [0.15, 0.2) is 0 Å². The van der Waals surface area contributed by atoms with Gasteiger partial charge in [0.05, 0.1) is 0 Å². The van der Waals surface area contributed by atoms with Crippen LogP contribution in [0.3, 0.4) is 0 Å². The lowest BCUT2D eigenvalue weighted by molar-refractivity contribution is 1.03. The van der Waals surface area contributed by atoms with Crippen LogP contribution in [0, 0.1) is 0 Å². The Bertz CT molecular complexity index is 185. The molecule has 0 aliphatic rings. The molecular weight excluding hydrogens is 124 g/mol. The van der Waals surface area contributed by atoms with Crippen molar-refractivity contribution in [2.75, 3.05) is 12.4 Å². The molecule has 1 aromatic rings. The Labute approximate surface area is 61.1 Å². The fourth-order valence-electron chi connectivity index (χ4n) is 0.918. The van der Waals surface area contributed by atoms with Gasteiger partial charge in [-0.2, -0.15) is 0 Å². The molecule has 0 aliphatic carbocycles. The highest BCUT2D eigenvalue weighted by atomic mass is 14.8. The van der Waals surface area contributed by atoms with Crippen LogP contribution in [0.4, 0.5) is 5.69 Å². The molecule has 0 unspecified atom stereocenters. The van der Waals surface area contributed by atoms with Gasteiger partial charge in [-0.1, -0.05) is 18.2 Å². The molecule has 2 heteroatoms. The predicted octanol–water partition coefficient (Wildman–Crippen LogP) is 1.51. The van der Waals surface area contributed by atoms with Crippen LogP contribution in [0.25, 0.3) is 0 Å². The van der Waals surface area contributed by atoms with E-state index in [1.54, 1.807) is 0 Å². The van der Waals surface area contributed by atoms with Crippen molar-refractivity contribution >= 4 is 5.69 Å². The van der Waals surface area contributed by atoms with Crippen LogP contribution in [-0.2, 0) is 6.54 Å². The van der Waals surface area contributed by atoms with E-state index >= 15 is 0 Å². The van der Waals surface area contributed by atoms with Gasteiger partial charge < -0.3 is 5.32 Å². The third-order valence-electron chi connectivity index (χ3n) is 1.48. The number of hydrogen-bond donors (Lipinski definition) is 1. The van der Waals surface area contributed by atoms with E-state index in [1.807, 2.05) is 31.3 Å². The van der Waals surface area contributed by atoms with Crippen molar-refractivity contribution in [1.82, 2.24) is 5.73 Å². The molecule has 0 heterocycles. The summed E-state index contributed by atoms with van der Waals surface area (Å²) in [6.07, 6.45) is 0. The minimum atomic E-state index is 0.344. The summed E-state index contributed by atoms with van der Waals surface area (Å²) in [5.41, 5.74) is 9.25. The maximum atomic E-state index is 7.15. The zero-order valence-electron chi connectivity index (χ0n) is 6.02. The Hall–Kier alpha value is -1.02. The van der Waals surface area contributed by atoms with Gasteiger partial charge >= 0.3 is 0 Å². The highest BCUT2D eigenvalue weighted by Gasteiger charge is 1.94. The first-order valence-electron chi connectivity index (χ1n) is 3.28. The van der Waals surface area contributed by atoms with Crippen molar-refractivity contribution in [3.63, 3.8) is 0 Å². The van der Waals surface area contributed by atoms with Crippen molar-refractivity contribution in [3.8, 4) is 0 Å². The minimum Gasteiger partial charge on any atom is -0.388 e. The second-order valence-corrected chi connectivity index (χ2v) is 2.08. The van der Waals surface area contributed by atoms with E-state index in [0.29, 0.717) is 6.54 Å². The van der Waals surface area contributed by atoms with Crippen molar-refractivity contribution in [3.05, 3.63) is 29.8 Å². The summed E-state index contributed by atoms with van der Waals surface area (Å²) >= 11 is 0. The van der Waals surface area contributed by atoms with Gasteiger partial charge in [-0.3, -0.25) is 5.73 Å². The average molecular weight is 135 g/mol. The summed E-state index contributed by atoms with van der Waals surface area (Å²) in [7, 11) is 1.87. The molecule has 0 amide bonds. The molecule has 2 nitrogen and oxygen atoms in total. The molecule has 0 aromatic heterocycles. The lowest BCUT2D eigenvalue weighted by Crippen LogP contribution is -1.94. The van der Waals surface area contributed by atoms with Gasteiger partial charge in [0.1, 0.15) is 0 Å². The molecule has 0 fully saturated rings. The molecule has 0 bridgehead atoms. The largest absolute Gasteiger partial charge is 0.388 e. The number of para-hydroxylation sites is 1. The summed E-state index contributed by atoms with van der Waals surface area (Å²) in [6, 6.07) is 7.85. The second kappa shape index (κ2) is 3.22. The Morgan fingerprint density at radius 2 is 2.10 bits per heavy atom. The first-order chi connectivity index (χ1) is 4.88. The first-order valence-corrected chi connectivity index (χ1v) is 3.28. The van der Waals surface area contributed by atoms with Crippen LogP contribution < -0.4 is 11.1 Å². The van der Waals surface area contributed by atoms with Crippen LogP contribution >= 0.6 is 0 Å². The number of nitrogens with one attached hydrogen (secondary N) is 2. The van der Waals surface area contributed by atoms with E-state index in [-0.39, 0.29) is 0 Å². The van der Waals surface area contributed by atoms with E-state index in [1.165, 1.54) is 0 Å². The Balaban J connectivity index is 2.96. The molecule has 10 heavy (non-hydrogen) atoms. The summed E-state index contributed by atoms with van der Waals surface area (Å²) < 4.78 is 0. The third kappa shape index (κ3) is 1.28. The standard InChI is InChI=1S/C8H11N2/c1-10-8-5-3-2-4-7(8)6-9/h2-5,9-10H,6H2,1H3. The van der Waals surface area contributed by atoms with E-state index in [4.69, 9.17) is 5.73 Å². The Morgan fingerprint density at radius 1 is 1.40 bits per heavy atom. The Morgan fingerprint density at radius 3 is 2.60 bits per heavy atom. The van der Waals surface area contributed by atoms with Crippen LogP contribution in [0.1, 0.15) is 5.56 Å². The summed E-state index contributed by atoms with van der Waals surface area (Å²) in [5.74, 6) is 0. The highest BCUT2D eigenvalue weighted by molar-refractivity contribution is 5.50. The lowest BCUT2D eigenvalue weighted by Gasteiger charge is -2.04. The van der Waals surface area contributed by atoms with E-state index in [0.717, 1.165) is 11.3 Å². The van der Waals surface area contributed by atoms with Gasteiger partial charge in [0.2, 0.25) is 0 Å². The SMILES string of the molecule is CNc1ccccc1C[NH]. The molecule has 0 spiro atoms. The lowest BCUT2D eigenvalue weighted by atomic mass is 10.2. The molecule has 0 saturated carbocycles. The van der Waals surface area contributed by atoms with Crippen LogP contribution in [-0.4, -0.2) is 7.05 Å². The van der Waals surface area contributed by atoms with Crippen molar-refractivity contribution in [1.29, 1.82) is 0 Å². The van der Waals surface area contributed by atoms with Gasteiger partial charge in [-0.05, 0) is 11.6 Å². The first kappa shape index (κ1) is 7.09. The monoisotopic (exact) mass is 135 g/mol. The summed E-state index contributed by atoms with van der Waals surface area (Å²) in [5, 5.41) is 3.03. The minimum absolute atomic E-state index is 0.344. The van der Waals surface area contributed by atoms with Gasteiger partial charge in [-0.15, -0.1) is 0 Å². The van der Waals surface area contributed by atoms with Crippen molar-refractivity contribution in [2.24, 2.45) is 0 Å². The molecule has 0 saturated heterocycles. The molecule has 1 aromatic carbocycles. The van der Waals surface area contributed by atoms with Crippen LogP contribution in [0.5, 0.6) is 0 Å². The summed E-state index contributed by atoms with van der Waals surface area (Å²) in [4.78, 5) is 0. The van der Waals surface area contributed by atoms with Gasteiger partial charge in [0.25, 0.3) is 0 Å². The quantitative estimate of drug-likeness (QED) is 0.655. The number of anilines is 1. The number of rotatable bonds is 2. The second-order valence-electron chi connectivity index (χ2n) is 2.08. The fourth-order valence-corrected chi connectivity index (χ4v) is 0.918. The third-order valence-corrected chi connectivity index (χ3v) is 1.48. The fraction of sp³-hybridized carbons (Fsp3) is 0.250. The van der Waals surface area contributed by atoms with Crippen molar-refractivity contribution in [2.45, 2.75) is 6.54 Å². The molecule has 53 valence electrons. The predicted molar refractivity (Wildman–Crippen MR) is 42.8 cm³/mol. The highest BCUT2D eigenvalue weighted by Crippen LogP contribution is 2.12. The van der Waals surface area contributed by atoms with Gasteiger partial charge in [0, 0.05) is 19.3 Å². The molecular formula is C8H11N2. The molecule has 2 N–H and O–H groups in total. The maximum Gasteiger partial charge on any atom is 0.0383 e. The average Bonchev–Trinajstić information content (AvgIpc) is 2.04. The zero-order chi connectivity index (χ0) is 7.40. The molecule has 1 rings (SSSR count). The molecule has 0 aliphatic heterocycles. The van der Waals surface area contributed by atoms with E-state index < -0.39 is 0 Å². The van der Waals surface area contributed by atoms with E-state index in [2.05, 4.69) is 5.32 Å². The topological polar surface area (TPSA) is 35.8 Å². The number of hydrogen-bond acceptors (Lipinski definition) is 1. The number of benzene rings is 1. The smallest absolute Gasteiger partial charge is 0.0383 e. The molecule has 1 radical (unpaired) electrons. The summed E-state index contributed by atoms with van der Waals surface area (Å²) in [6.45, 7) is 0.344. The molecule has 0 atom stereocenters. The van der Waals surface area contributed by atoms with Crippen LogP contribution in [0.15, 0.2) is 24.3 Å². The van der Waals surface area contributed by atoms with Gasteiger partial charge in [-0.25, -0.2) is 0 Å². The van der Waals surface area contributed by atoms with E-state index in [9.17, 15) is 0 Å². The van der Waals surface area contributed by atoms with Crippen LogP contribution in [0.2, 0.25) is 0 Å². The van der Waals surface area contributed by atoms with Crippen molar-refractivity contribution < 1.29 is 0 Å². The normalized spacial score (nSPS) is 9.40. The maximum absolute atomic E-state index is 7.15. The Kier molecular flexibility index (Phi) is 2.29. The zero-order valence-corrected chi connectivity index (χ0v) is 6.02.